The molecule has 36 heavy (non-hydrogen) atoms. The van der Waals surface area contributed by atoms with Crippen LogP contribution < -0.4 is 11.1 Å². The van der Waals surface area contributed by atoms with Crippen LogP contribution in [-0.4, -0.2) is 63.9 Å². The number of primary amides is 1. The Morgan fingerprint density at radius 1 is 1.25 bits per heavy atom. The lowest BCUT2D eigenvalue weighted by molar-refractivity contribution is -0.127. The molecule has 1 aliphatic heterocycles. The van der Waals surface area contributed by atoms with E-state index in [0.717, 1.165) is 13.0 Å². The van der Waals surface area contributed by atoms with Crippen LogP contribution in [0.3, 0.4) is 0 Å². The number of ketones is 2. The van der Waals surface area contributed by atoms with Gasteiger partial charge in [0.05, 0.1) is 17.5 Å². The summed E-state index contributed by atoms with van der Waals surface area (Å²) in [6, 6.07) is 0.209. The summed E-state index contributed by atoms with van der Waals surface area (Å²) in [5, 5.41) is 36.1. The van der Waals surface area contributed by atoms with Gasteiger partial charge in [-0.3, -0.25) is 19.3 Å². The molecule has 4 aliphatic rings. The van der Waals surface area contributed by atoms with Crippen LogP contribution in [0.5, 0.6) is 5.75 Å². The summed E-state index contributed by atoms with van der Waals surface area (Å²) in [7, 11) is 1.71. The zero-order valence-electron chi connectivity index (χ0n) is 20.2. The zero-order chi connectivity index (χ0) is 26.0. The second-order valence-corrected chi connectivity index (χ2v) is 10.2. The fourth-order valence-corrected chi connectivity index (χ4v) is 6.64. The van der Waals surface area contributed by atoms with E-state index in [-0.39, 0.29) is 41.3 Å². The number of amides is 1. The molecule has 192 valence electrons. The maximum absolute atomic E-state index is 15.7. The van der Waals surface area contributed by atoms with Gasteiger partial charge in [-0.1, -0.05) is 6.92 Å². The number of benzene rings is 1. The highest BCUT2D eigenvalue weighted by Crippen LogP contribution is 2.51. The number of phenolic OH excluding ortho intramolecular Hbond substituents is 1. The van der Waals surface area contributed by atoms with Gasteiger partial charge in [0.2, 0.25) is 0 Å². The molecule has 10 heteroatoms. The lowest BCUT2D eigenvalue weighted by Gasteiger charge is -2.46. The molecule has 1 amide bonds. The van der Waals surface area contributed by atoms with Gasteiger partial charge in [0.1, 0.15) is 28.7 Å². The second-order valence-electron chi connectivity index (χ2n) is 10.2. The van der Waals surface area contributed by atoms with E-state index in [9.17, 15) is 29.7 Å². The summed E-state index contributed by atoms with van der Waals surface area (Å²) in [6.45, 7) is 3.03. The van der Waals surface area contributed by atoms with E-state index in [4.69, 9.17) is 5.73 Å². The van der Waals surface area contributed by atoms with Crippen LogP contribution in [0.4, 0.5) is 4.39 Å². The number of carbonyl (C=O) groups excluding carboxylic acids is 3. The summed E-state index contributed by atoms with van der Waals surface area (Å²) in [6.07, 6.45) is 1.83. The van der Waals surface area contributed by atoms with E-state index in [1.54, 1.807) is 11.9 Å². The quantitative estimate of drug-likeness (QED) is 0.394. The summed E-state index contributed by atoms with van der Waals surface area (Å²) in [5.74, 6) is -7.09. The van der Waals surface area contributed by atoms with Crippen LogP contribution >= 0.6 is 0 Å². The maximum atomic E-state index is 15.7. The minimum Gasteiger partial charge on any atom is -0.511 e. The second kappa shape index (κ2) is 8.70. The molecule has 9 nitrogen and oxygen atoms in total. The Hall–Kier alpha value is -3.24. The monoisotopic (exact) mass is 499 g/mol. The first-order valence-electron chi connectivity index (χ1n) is 12.3. The van der Waals surface area contributed by atoms with Crippen molar-refractivity contribution in [1.82, 2.24) is 10.2 Å². The van der Waals surface area contributed by atoms with Crippen molar-refractivity contribution in [2.45, 2.75) is 44.7 Å². The molecule has 5 atom stereocenters. The number of likely N-dealkylation sites (N-methyl/N-ethyl adjacent to an activating group) is 1. The number of nitrogens with zero attached hydrogens (tertiary/aromatic N) is 1. The van der Waals surface area contributed by atoms with Crippen LogP contribution in [0.25, 0.3) is 0 Å². The van der Waals surface area contributed by atoms with Crippen LogP contribution in [0.1, 0.15) is 53.7 Å². The zero-order valence-corrected chi connectivity index (χ0v) is 20.2. The number of halogens is 1. The summed E-state index contributed by atoms with van der Waals surface area (Å²) < 4.78 is 15.7. The molecule has 5 rings (SSSR count). The molecule has 3 aliphatic carbocycles. The van der Waals surface area contributed by atoms with Crippen molar-refractivity contribution in [3.8, 4) is 5.75 Å². The number of allylic oxidation sites excluding steroid dienone is 2. The lowest BCUT2D eigenvalue weighted by atomic mass is 9.60. The molecule has 1 aromatic carbocycles. The molecular formula is C26H30FN3O6. The van der Waals surface area contributed by atoms with Gasteiger partial charge in [-0.25, -0.2) is 4.39 Å². The number of Topliss-reactive ketones (excluding diaryl/α,β-unsaturated/α-hetero) is 2. The Labute approximate surface area is 207 Å². The smallest absolute Gasteiger partial charge is 0.255 e. The molecule has 6 N–H and O–H groups in total. The number of aliphatic hydroxyl groups is 2. The highest BCUT2D eigenvalue weighted by Gasteiger charge is 2.54. The Balaban J connectivity index is 1.65. The Morgan fingerprint density at radius 2 is 1.97 bits per heavy atom. The predicted molar refractivity (Wildman–Crippen MR) is 127 cm³/mol. The molecule has 0 spiro atoms. The van der Waals surface area contributed by atoms with Crippen molar-refractivity contribution in [3.05, 3.63) is 51.2 Å². The number of nitrogens with one attached hydrogen (secondary N) is 1. The maximum Gasteiger partial charge on any atom is 0.255 e. The molecular weight excluding hydrogens is 469 g/mol. The third-order valence-corrected chi connectivity index (χ3v) is 8.38. The van der Waals surface area contributed by atoms with Crippen molar-refractivity contribution in [2.75, 3.05) is 20.1 Å². The van der Waals surface area contributed by atoms with Gasteiger partial charge in [0.15, 0.2) is 11.6 Å². The fourth-order valence-electron chi connectivity index (χ4n) is 6.64. The summed E-state index contributed by atoms with van der Waals surface area (Å²) >= 11 is 0. The first-order chi connectivity index (χ1) is 17.1. The first-order valence-corrected chi connectivity index (χ1v) is 12.3. The SMILES string of the molecule is CCN(C)[C@@H]1C(O)=C(C(N)=O)C(=O)[C@H]2C(O)=C3C(=O)c4c(O)cc(C5CCCN5)c(F)c4C[C@H]3C[C@H]21. The Kier molecular flexibility index (Phi) is 5.91. The minimum absolute atomic E-state index is 0.0491. The molecule has 1 aromatic rings. The van der Waals surface area contributed by atoms with Gasteiger partial charge in [-0.05, 0) is 63.7 Å². The van der Waals surface area contributed by atoms with Crippen LogP contribution in [0, 0.1) is 23.6 Å². The molecule has 0 aromatic heterocycles. The number of aromatic hydroxyl groups is 1. The van der Waals surface area contributed by atoms with Gasteiger partial charge < -0.3 is 26.4 Å². The van der Waals surface area contributed by atoms with Crippen molar-refractivity contribution in [2.24, 2.45) is 23.5 Å². The normalized spacial score (nSPS) is 29.9. The van der Waals surface area contributed by atoms with Crippen molar-refractivity contribution in [1.29, 1.82) is 0 Å². The number of rotatable bonds is 4. The first kappa shape index (κ1) is 24.5. The van der Waals surface area contributed by atoms with E-state index < -0.39 is 64.2 Å². The lowest BCUT2D eigenvalue weighted by Crippen LogP contribution is -2.54. The molecule has 1 fully saturated rings. The number of carbonyl (C=O) groups is 3. The van der Waals surface area contributed by atoms with Gasteiger partial charge in [-0.15, -0.1) is 0 Å². The molecule has 1 heterocycles. The van der Waals surface area contributed by atoms with Crippen LogP contribution in [-0.2, 0) is 16.0 Å². The van der Waals surface area contributed by atoms with E-state index >= 15 is 4.39 Å². The third kappa shape index (κ3) is 3.38. The van der Waals surface area contributed by atoms with Gasteiger partial charge in [0.25, 0.3) is 5.91 Å². The predicted octanol–water partition coefficient (Wildman–Crippen LogP) is 1.96. The molecule has 0 saturated carbocycles. The number of nitrogens with two attached hydrogens (primary N) is 1. The average molecular weight is 500 g/mol. The highest BCUT2D eigenvalue weighted by molar-refractivity contribution is 6.22. The summed E-state index contributed by atoms with van der Waals surface area (Å²) in [4.78, 5) is 40.6. The summed E-state index contributed by atoms with van der Waals surface area (Å²) in [5.41, 5.74) is 4.97. The number of phenols is 1. The standard InChI is InChI=1S/C26H30FN3O6/c1-3-30(2)21-13-8-10-7-12-17(15(31)9-11(20(12)27)14-5-4-6-29-14)22(32)16(10)23(33)18(13)24(34)19(25(21)35)26(28)36/h9-10,13-14,18,21,29,31,33,35H,3-8H2,1-2H3,(H2,28,36)/t10-,13+,14?,18+,21-/m0/s1. The van der Waals surface area contributed by atoms with E-state index in [2.05, 4.69) is 5.32 Å². The fraction of sp³-hybridized carbons (Fsp3) is 0.500. The number of fused-ring (bicyclic) bond motifs is 3. The van der Waals surface area contributed by atoms with Gasteiger partial charge in [-0.2, -0.15) is 0 Å². The minimum atomic E-state index is -1.26. The number of aliphatic hydroxyl groups excluding tert-OH is 2. The number of hydrogen-bond acceptors (Lipinski definition) is 8. The van der Waals surface area contributed by atoms with Crippen molar-refractivity contribution in [3.63, 3.8) is 0 Å². The van der Waals surface area contributed by atoms with Crippen molar-refractivity contribution >= 4 is 17.5 Å². The Bertz CT molecular complexity index is 1250. The molecule has 1 saturated heterocycles. The van der Waals surface area contributed by atoms with Crippen LogP contribution in [0.2, 0.25) is 0 Å². The van der Waals surface area contributed by atoms with Crippen LogP contribution in [0.15, 0.2) is 28.7 Å². The molecule has 0 radical (unpaired) electrons. The van der Waals surface area contributed by atoms with Crippen molar-refractivity contribution < 1.29 is 34.1 Å². The topological polar surface area (TPSA) is 153 Å². The molecule has 1 unspecified atom stereocenters. The van der Waals surface area contributed by atoms with E-state index in [1.807, 2.05) is 6.92 Å². The van der Waals surface area contributed by atoms with Gasteiger partial charge >= 0.3 is 0 Å². The van der Waals surface area contributed by atoms with E-state index in [0.29, 0.717) is 18.5 Å². The Morgan fingerprint density at radius 3 is 2.58 bits per heavy atom. The third-order valence-electron chi connectivity index (χ3n) is 8.38. The highest BCUT2D eigenvalue weighted by atomic mass is 19.1. The van der Waals surface area contributed by atoms with Gasteiger partial charge in [0, 0.05) is 22.7 Å². The molecule has 0 bridgehead atoms. The largest absolute Gasteiger partial charge is 0.511 e. The van der Waals surface area contributed by atoms with E-state index in [1.165, 1.54) is 6.07 Å². The average Bonchev–Trinajstić information content (AvgIpc) is 3.35. The number of hydrogen-bond donors (Lipinski definition) is 5.